The molecule has 1 aliphatic heterocycles. The molecule has 1 unspecified atom stereocenters. The number of hydrogen-bond acceptors (Lipinski definition) is 7. The number of hydrogen-bond donors (Lipinski definition) is 5. The Bertz CT molecular complexity index is 490. The molecule has 0 spiro atoms. The first-order valence-corrected chi connectivity index (χ1v) is 6.90. The van der Waals surface area contributed by atoms with Crippen LogP contribution in [0.15, 0.2) is 12.1 Å². The minimum absolute atomic E-state index is 0.153. The van der Waals surface area contributed by atoms with Gasteiger partial charge in [-0.15, -0.1) is 0 Å². The van der Waals surface area contributed by atoms with Gasteiger partial charge in [0.15, 0.2) is 6.29 Å². The number of benzene rings is 1. The molecule has 1 heterocycles. The van der Waals surface area contributed by atoms with Crippen molar-refractivity contribution in [3.63, 3.8) is 0 Å². The fraction of sp³-hybridized carbons (Fsp3) is 0.571. The lowest BCUT2D eigenvalue weighted by Gasteiger charge is -2.31. The van der Waals surface area contributed by atoms with E-state index < -0.39 is 36.2 Å². The van der Waals surface area contributed by atoms with Crippen LogP contribution in [0.1, 0.15) is 5.56 Å². The predicted octanol–water partition coefficient (Wildman–Crippen LogP) is -0.972. The van der Waals surface area contributed by atoms with E-state index in [-0.39, 0.29) is 19.0 Å². The molecule has 2 rings (SSSR count). The van der Waals surface area contributed by atoms with Crippen molar-refractivity contribution in [3.05, 3.63) is 29.3 Å². The molecule has 132 valence electrons. The van der Waals surface area contributed by atoms with Crippen LogP contribution in [0, 0.1) is 18.6 Å². The maximum atomic E-state index is 12.9. The van der Waals surface area contributed by atoms with Gasteiger partial charge in [0.1, 0.15) is 42.3 Å². The van der Waals surface area contributed by atoms with E-state index in [0.717, 1.165) is 12.1 Å². The van der Waals surface area contributed by atoms with Crippen molar-refractivity contribution in [1.82, 2.24) is 0 Å². The van der Waals surface area contributed by atoms with Crippen LogP contribution in [0.3, 0.4) is 0 Å². The summed E-state index contributed by atoms with van der Waals surface area (Å²) in [4.78, 5) is 0. The molecular formula is C14H21F2NO6. The smallest absolute Gasteiger partial charge is 0.183 e. The molecule has 1 saturated heterocycles. The second-order valence-corrected chi connectivity index (χ2v) is 4.92. The highest BCUT2D eigenvalue weighted by molar-refractivity contribution is 5.34. The molecule has 9 heteroatoms. The Morgan fingerprint density at radius 3 is 2.43 bits per heavy atom. The Hall–Kier alpha value is -1.36. The largest absolute Gasteiger partial charge is 0.492 e. The molecule has 0 saturated carbocycles. The van der Waals surface area contributed by atoms with Gasteiger partial charge in [0.25, 0.3) is 0 Å². The Morgan fingerprint density at radius 2 is 1.87 bits per heavy atom. The fourth-order valence-electron chi connectivity index (χ4n) is 1.73. The van der Waals surface area contributed by atoms with E-state index in [9.17, 15) is 8.78 Å². The van der Waals surface area contributed by atoms with E-state index >= 15 is 0 Å². The van der Waals surface area contributed by atoms with Gasteiger partial charge in [0.05, 0.1) is 6.61 Å². The van der Waals surface area contributed by atoms with Gasteiger partial charge < -0.3 is 35.6 Å². The molecule has 4 atom stereocenters. The second kappa shape index (κ2) is 9.06. The molecule has 23 heavy (non-hydrogen) atoms. The third-order valence-electron chi connectivity index (χ3n) is 3.11. The first-order chi connectivity index (χ1) is 10.8. The van der Waals surface area contributed by atoms with E-state index in [4.69, 9.17) is 30.9 Å². The Labute approximate surface area is 131 Å². The van der Waals surface area contributed by atoms with Gasteiger partial charge in [-0.25, -0.2) is 8.78 Å². The highest BCUT2D eigenvalue weighted by Gasteiger charge is 2.36. The minimum atomic E-state index is -1.41. The van der Waals surface area contributed by atoms with Crippen LogP contribution in [0.2, 0.25) is 0 Å². The van der Waals surface area contributed by atoms with Crippen LogP contribution in [-0.4, -0.2) is 64.8 Å². The van der Waals surface area contributed by atoms with Gasteiger partial charge in [0.2, 0.25) is 0 Å². The minimum Gasteiger partial charge on any atom is -0.492 e. The van der Waals surface area contributed by atoms with E-state index in [1.165, 1.54) is 6.92 Å². The summed E-state index contributed by atoms with van der Waals surface area (Å²) in [6, 6.07) is 1.97. The average molecular weight is 337 g/mol. The van der Waals surface area contributed by atoms with Crippen molar-refractivity contribution in [3.8, 4) is 5.75 Å². The number of aliphatic hydroxyl groups excluding tert-OH is 4. The molecule has 7 nitrogen and oxygen atoms in total. The number of halogens is 2. The van der Waals surface area contributed by atoms with Crippen molar-refractivity contribution >= 4 is 0 Å². The summed E-state index contributed by atoms with van der Waals surface area (Å²) < 4.78 is 35.1. The molecular weight excluding hydrogens is 316 g/mol. The highest BCUT2D eigenvalue weighted by Crippen LogP contribution is 2.21. The van der Waals surface area contributed by atoms with E-state index in [2.05, 4.69) is 4.74 Å². The van der Waals surface area contributed by atoms with Crippen LogP contribution < -0.4 is 10.5 Å². The number of nitrogens with two attached hydrogens (primary N) is 1. The monoisotopic (exact) mass is 337 g/mol. The number of ether oxygens (including phenoxy) is 2. The summed E-state index contributed by atoms with van der Waals surface area (Å²) in [5.41, 5.74) is 5.49. The third kappa shape index (κ3) is 5.65. The summed E-state index contributed by atoms with van der Waals surface area (Å²) in [5, 5.41) is 35.3. The maximum absolute atomic E-state index is 12.9. The molecule has 1 aliphatic rings. The van der Waals surface area contributed by atoms with Gasteiger partial charge in [0, 0.05) is 24.2 Å². The molecule has 0 aliphatic carbocycles. The molecule has 0 radical (unpaired) electrons. The molecule has 0 bridgehead atoms. The maximum Gasteiger partial charge on any atom is 0.183 e. The summed E-state index contributed by atoms with van der Waals surface area (Å²) in [6.45, 7) is 1.95. The number of rotatable bonds is 3. The molecule has 6 N–H and O–H groups in total. The summed E-state index contributed by atoms with van der Waals surface area (Å²) in [5.74, 6) is -1.04. The molecule has 0 amide bonds. The fourth-order valence-corrected chi connectivity index (χ4v) is 1.73. The zero-order valence-corrected chi connectivity index (χ0v) is 12.5. The van der Waals surface area contributed by atoms with Gasteiger partial charge in [-0.2, -0.15) is 0 Å². The summed E-state index contributed by atoms with van der Waals surface area (Å²) >= 11 is 0. The highest BCUT2D eigenvalue weighted by atomic mass is 19.1. The standard InChI is InChI=1S/C9H11F2NO.C5H10O5/c1-6-8(11)4-7(10)5-9(6)13-3-2-12;6-2-1-10-5(9)4(8)3(2)7/h4-5H,2-3,12H2,1H3;2-9H,1H2/t;2-,3-,4-,5?/m.1/s1. The molecule has 1 aromatic carbocycles. The van der Waals surface area contributed by atoms with E-state index in [1.54, 1.807) is 0 Å². The van der Waals surface area contributed by atoms with Gasteiger partial charge in [-0.05, 0) is 6.92 Å². The average Bonchev–Trinajstić information content (AvgIpc) is 2.52. The van der Waals surface area contributed by atoms with Gasteiger partial charge >= 0.3 is 0 Å². The SMILES string of the molecule is Cc1c(F)cc(F)cc1OCCN.OC1OC[C@@H](O)[C@@H](O)[C@H]1O. The molecule has 1 aromatic rings. The van der Waals surface area contributed by atoms with E-state index in [0.29, 0.717) is 12.1 Å². The van der Waals surface area contributed by atoms with Crippen LogP contribution >= 0.6 is 0 Å². The molecule has 0 aromatic heterocycles. The summed E-state index contributed by atoms with van der Waals surface area (Å²) in [7, 11) is 0. The zero-order valence-electron chi connectivity index (χ0n) is 12.5. The Kier molecular flexibility index (Phi) is 7.76. The van der Waals surface area contributed by atoms with Crippen LogP contribution in [0.5, 0.6) is 5.75 Å². The Morgan fingerprint density at radius 1 is 1.22 bits per heavy atom. The molecule has 1 fully saturated rings. The van der Waals surface area contributed by atoms with E-state index in [1.807, 2.05) is 0 Å². The predicted molar refractivity (Wildman–Crippen MR) is 75.6 cm³/mol. The normalized spacial score (nSPS) is 27.1. The zero-order chi connectivity index (χ0) is 17.6. The first-order valence-electron chi connectivity index (χ1n) is 6.90. The van der Waals surface area contributed by atoms with Crippen molar-refractivity contribution in [1.29, 1.82) is 0 Å². The van der Waals surface area contributed by atoms with Crippen molar-refractivity contribution in [2.24, 2.45) is 5.73 Å². The Balaban J connectivity index is 0.000000238. The van der Waals surface area contributed by atoms with Crippen LogP contribution in [-0.2, 0) is 4.74 Å². The van der Waals surface area contributed by atoms with Crippen LogP contribution in [0.25, 0.3) is 0 Å². The van der Waals surface area contributed by atoms with Crippen LogP contribution in [0.4, 0.5) is 8.78 Å². The quantitative estimate of drug-likeness (QED) is 0.480. The van der Waals surface area contributed by atoms with Crippen molar-refractivity contribution in [2.45, 2.75) is 31.5 Å². The van der Waals surface area contributed by atoms with Gasteiger partial charge in [-0.1, -0.05) is 0 Å². The lowest BCUT2D eigenvalue weighted by Crippen LogP contribution is -2.52. The summed E-state index contributed by atoms with van der Waals surface area (Å²) in [6.07, 6.45) is -5.23. The second-order valence-electron chi connectivity index (χ2n) is 4.92. The topological polar surface area (TPSA) is 125 Å². The van der Waals surface area contributed by atoms with Gasteiger partial charge in [-0.3, -0.25) is 0 Å². The number of aliphatic hydroxyl groups is 4. The lowest BCUT2D eigenvalue weighted by molar-refractivity contribution is -0.252. The lowest BCUT2D eigenvalue weighted by atomic mass is 10.1. The van der Waals surface area contributed by atoms with Crippen molar-refractivity contribution < 1.29 is 38.7 Å². The van der Waals surface area contributed by atoms with Crippen molar-refractivity contribution in [2.75, 3.05) is 19.8 Å². The third-order valence-corrected chi connectivity index (χ3v) is 3.11. The first kappa shape index (κ1) is 19.7.